The Morgan fingerprint density at radius 3 is 2.71 bits per heavy atom. The lowest BCUT2D eigenvalue weighted by molar-refractivity contribution is 0.303. The highest BCUT2D eigenvalue weighted by Gasteiger charge is 2.12. The average Bonchev–Trinajstić information content (AvgIpc) is 2.52. The average molecular weight is 194 g/mol. The van der Waals surface area contributed by atoms with Crippen molar-refractivity contribution < 1.29 is 5.11 Å². The lowest BCUT2D eigenvalue weighted by Gasteiger charge is -2.18. The van der Waals surface area contributed by atoms with Crippen LogP contribution in [0.5, 0.6) is 0 Å². The van der Waals surface area contributed by atoms with Crippen molar-refractivity contribution in [1.29, 1.82) is 0 Å². The van der Waals surface area contributed by atoms with Gasteiger partial charge in [-0.05, 0) is 27.2 Å². The van der Waals surface area contributed by atoms with Gasteiger partial charge in [-0.2, -0.15) is 5.10 Å². The van der Waals surface area contributed by atoms with Crippen LogP contribution in [0.1, 0.15) is 32.8 Å². The summed E-state index contributed by atoms with van der Waals surface area (Å²) in [5, 5.41) is 12.9. The highest BCUT2D eigenvalue weighted by Crippen LogP contribution is 2.13. The number of nitrogens with zero attached hydrogens (tertiary/aromatic N) is 2. The third kappa shape index (κ3) is 3.00. The lowest BCUT2D eigenvalue weighted by atomic mass is 10.1. The fourth-order valence-corrected chi connectivity index (χ4v) is 1.08. The van der Waals surface area contributed by atoms with Crippen molar-refractivity contribution in [3.05, 3.63) is 24.0 Å². The van der Waals surface area contributed by atoms with Crippen molar-refractivity contribution in [2.75, 3.05) is 6.61 Å². The van der Waals surface area contributed by atoms with E-state index in [2.05, 4.69) is 25.9 Å². The molecule has 0 aliphatic rings. The van der Waals surface area contributed by atoms with E-state index in [1.807, 2.05) is 29.2 Å². The van der Waals surface area contributed by atoms with Gasteiger partial charge in [0.05, 0.1) is 11.7 Å². The van der Waals surface area contributed by atoms with Gasteiger partial charge in [0, 0.05) is 18.4 Å². The van der Waals surface area contributed by atoms with E-state index in [-0.39, 0.29) is 12.1 Å². The molecule has 78 valence electrons. The van der Waals surface area contributed by atoms with Crippen LogP contribution in [-0.2, 0) is 5.54 Å². The van der Waals surface area contributed by atoms with Gasteiger partial charge >= 0.3 is 0 Å². The second kappa shape index (κ2) is 4.42. The molecule has 0 unspecified atom stereocenters. The zero-order chi connectivity index (χ0) is 10.6. The van der Waals surface area contributed by atoms with E-state index in [1.165, 1.54) is 0 Å². The van der Waals surface area contributed by atoms with E-state index in [4.69, 9.17) is 5.11 Å². The van der Waals surface area contributed by atoms with Gasteiger partial charge < -0.3 is 5.11 Å². The van der Waals surface area contributed by atoms with Crippen molar-refractivity contribution in [3.8, 4) is 0 Å². The van der Waals surface area contributed by atoms with E-state index < -0.39 is 0 Å². The monoisotopic (exact) mass is 194 g/mol. The summed E-state index contributed by atoms with van der Waals surface area (Å²) in [5.74, 6) is 0. The summed E-state index contributed by atoms with van der Waals surface area (Å²) in [6.07, 6.45) is 8.46. The van der Waals surface area contributed by atoms with Crippen LogP contribution in [-0.4, -0.2) is 21.5 Å². The summed E-state index contributed by atoms with van der Waals surface area (Å²) >= 11 is 0. The first-order valence-electron chi connectivity index (χ1n) is 4.86. The van der Waals surface area contributed by atoms with Gasteiger partial charge in [-0.3, -0.25) is 4.68 Å². The standard InChI is InChI=1S/C11H18N2O/c1-11(2,3)13-9-10(8-12-13)6-4-5-7-14/h4,6,8-9,14H,5,7H2,1-3H3. The molecule has 0 saturated carbocycles. The minimum absolute atomic E-state index is 0.0308. The molecule has 1 rings (SSSR count). The summed E-state index contributed by atoms with van der Waals surface area (Å²) in [5.41, 5.74) is 1.11. The van der Waals surface area contributed by atoms with Gasteiger partial charge in [-0.15, -0.1) is 0 Å². The Morgan fingerprint density at radius 1 is 1.50 bits per heavy atom. The Hall–Kier alpha value is -1.09. The van der Waals surface area contributed by atoms with Crippen molar-refractivity contribution in [1.82, 2.24) is 9.78 Å². The van der Waals surface area contributed by atoms with Crippen LogP contribution in [0.25, 0.3) is 6.08 Å². The molecule has 3 nitrogen and oxygen atoms in total. The molecule has 1 N–H and O–H groups in total. The quantitative estimate of drug-likeness (QED) is 0.799. The molecule has 0 saturated heterocycles. The first kappa shape index (κ1) is 11.0. The molecule has 0 aliphatic carbocycles. The predicted molar refractivity (Wildman–Crippen MR) is 58.0 cm³/mol. The Balaban J connectivity index is 2.69. The van der Waals surface area contributed by atoms with Gasteiger partial charge in [-0.25, -0.2) is 0 Å². The molecule has 0 atom stereocenters. The molecule has 0 aromatic carbocycles. The van der Waals surface area contributed by atoms with Gasteiger partial charge in [0.2, 0.25) is 0 Å². The zero-order valence-electron chi connectivity index (χ0n) is 9.07. The highest BCUT2D eigenvalue weighted by molar-refractivity contribution is 5.46. The Kier molecular flexibility index (Phi) is 3.47. The van der Waals surface area contributed by atoms with Crippen LogP contribution >= 0.6 is 0 Å². The number of hydrogen-bond donors (Lipinski definition) is 1. The van der Waals surface area contributed by atoms with Crippen LogP contribution in [0.4, 0.5) is 0 Å². The minimum Gasteiger partial charge on any atom is -0.396 e. The van der Waals surface area contributed by atoms with Crippen LogP contribution in [0, 0.1) is 0 Å². The molecule has 0 fully saturated rings. The van der Waals surface area contributed by atoms with Crippen molar-refractivity contribution in [3.63, 3.8) is 0 Å². The number of rotatable bonds is 3. The molecule has 0 bridgehead atoms. The second-order valence-corrected chi connectivity index (χ2v) is 4.30. The van der Waals surface area contributed by atoms with Crippen molar-refractivity contribution in [2.45, 2.75) is 32.7 Å². The topological polar surface area (TPSA) is 38.0 Å². The van der Waals surface area contributed by atoms with Crippen LogP contribution in [0.15, 0.2) is 18.5 Å². The summed E-state index contributed by atoms with van der Waals surface area (Å²) in [4.78, 5) is 0. The molecule has 1 heterocycles. The fraction of sp³-hybridized carbons (Fsp3) is 0.545. The third-order valence-electron chi connectivity index (χ3n) is 1.90. The molecule has 0 aliphatic heterocycles. The highest BCUT2D eigenvalue weighted by atomic mass is 16.2. The Bertz CT molecular complexity index is 307. The van der Waals surface area contributed by atoms with Gasteiger partial charge in [-0.1, -0.05) is 12.2 Å². The Labute approximate surface area is 85.1 Å². The summed E-state index contributed by atoms with van der Waals surface area (Å²) in [6.45, 7) is 6.54. The first-order chi connectivity index (χ1) is 6.54. The van der Waals surface area contributed by atoms with E-state index in [9.17, 15) is 0 Å². The van der Waals surface area contributed by atoms with Gasteiger partial charge in [0.1, 0.15) is 0 Å². The normalized spacial score (nSPS) is 12.6. The van der Waals surface area contributed by atoms with Crippen molar-refractivity contribution >= 4 is 6.08 Å². The number of aliphatic hydroxyl groups is 1. The molecular formula is C11H18N2O. The molecule has 1 aromatic rings. The van der Waals surface area contributed by atoms with E-state index >= 15 is 0 Å². The summed E-state index contributed by atoms with van der Waals surface area (Å²) < 4.78 is 1.94. The molecule has 0 spiro atoms. The smallest absolute Gasteiger partial charge is 0.0562 e. The molecule has 0 amide bonds. The SMILES string of the molecule is CC(C)(C)n1cc(C=CCCO)cn1. The predicted octanol–water partition coefficient (Wildman–Crippen LogP) is 2.03. The molecule has 0 radical (unpaired) electrons. The molecule has 3 heteroatoms. The second-order valence-electron chi connectivity index (χ2n) is 4.30. The molecular weight excluding hydrogens is 176 g/mol. The fourth-order valence-electron chi connectivity index (χ4n) is 1.08. The van der Waals surface area contributed by atoms with Crippen LogP contribution in [0.2, 0.25) is 0 Å². The maximum absolute atomic E-state index is 8.61. The van der Waals surface area contributed by atoms with E-state index in [0.717, 1.165) is 5.56 Å². The minimum atomic E-state index is 0.0308. The first-order valence-corrected chi connectivity index (χ1v) is 4.86. The Morgan fingerprint density at radius 2 is 2.21 bits per heavy atom. The summed E-state index contributed by atoms with van der Waals surface area (Å²) in [6, 6.07) is 0. The van der Waals surface area contributed by atoms with Crippen LogP contribution in [0.3, 0.4) is 0 Å². The van der Waals surface area contributed by atoms with Gasteiger partial charge in [0.25, 0.3) is 0 Å². The van der Waals surface area contributed by atoms with Crippen LogP contribution < -0.4 is 0 Å². The third-order valence-corrected chi connectivity index (χ3v) is 1.90. The number of aromatic nitrogens is 2. The summed E-state index contributed by atoms with van der Waals surface area (Å²) in [7, 11) is 0. The number of aliphatic hydroxyl groups excluding tert-OH is 1. The van der Waals surface area contributed by atoms with E-state index in [0.29, 0.717) is 6.42 Å². The zero-order valence-corrected chi connectivity index (χ0v) is 9.07. The maximum atomic E-state index is 8.61. The maximum Gasteiger partial charge on any atom is 0.0562 e. The van der Waals surface area contributed by atoms with Gasteiger partial charge in [0.15, 0.2) is 0 Å². The van der Waals surface area contributed by atoms with Crippen molar-refractivity contribution in [2.24, 2.45) is 0 Å². The lowest BCUT2D eigenvalue weighted by Crippen LogP contribution is -2.21. The molecule has 14 heavy (non-hydrogen) atoms. The number of hydrogen-bond acceptors (Lipinski definition) is 2. The largest absolute Gasteiger partial charge is 0.396 e. The molecule has 1 aromatic heterocycles. The van der Waals surface area contributed by atoms with E-state index in [1.54, 1.807) is 0 Å².